The van der Waals surface area contributed by atoms with E-state index in [9.17, 15) is 14.7 Å². The number of ether oxygens (including phenoxy) is 3. The molecule has 2 atom stereocenters. The number of phenolic OH excluding ortho intramolecular Hbond substituents is 1. The van der Waals surface area contributed by atoms with Crippen LogP contribution in [0.25, 0.3) is 22.8 Å². The van der Waals surface area contributed by atoms with Crippen LogP contribution in [0.3, 0.4) is 0 Å². The molecule has 0 aliphatic carbocycles. The summed E-state index contributed by atoms with van der Waals surface area (Å²) in [4.78, 5) is 26.8. The Kier molecular flexibility index (Phi) is 13.8. The fraction of sp³-hybridized carbons (Fsp3) is 0.436. The van der Waals surface area contributed by atoms with Crippen molar-refractivity contribution in [3.05, 3.63) is 84.4 Å². The van der Waals surface area contributed by atoms with E-state index in [-0.39, 0.29) is 29.5 Å². The highest BCUT2D eigenvalue weighted by Gasteiger charge is 2.21. The molecule has 282 valence electrons. The molecule has 0 spiro atoms. The minimum absolute atomic E-state index is 0.0340. The zero-order valence-electron chi connectivity index (χ0n) is 31.8. The van der Waals surface area contributed by atoms with Crippen molar-refractivity contribution < 1.29 is 28.9 Å². The van der Waals surface area contributed by atoms with Crippen LogP contribution in [-0.2, 0) is 38.8 Å². The minimum atomic E-state index is -0.480. The van der Waals surface area contributed by atoms with Crippen LogP contribution in [0.2, 0.25) is 0 Å². The number of benzene rings is 3. The lowest BCUT2D eigenvalue weighted by molar-refractivity contribution is -0.157. The van der Waals surface area contributed by atoms with Crippen LogP contribution in [-0.4, -0.2) is 68.7 Å². The van der Waals surface area contributed by atoms with Crippen molar-refractivity contribution in [1.82, 2.24) is 40.4 Å². The number of phenols is 1. The van der Waals surface area contributed by atoms with Gasteiger partial charge in [-0.15, -0.1) is 20.4 Å². The molecule has 0 fully saturated rings. The van der Waals surface area contributed by atoms with Gasteiger partial charge in [-0.25, -0.2) is 0 Å². The molecule has 0 radical (unpaired) electrons. The molecule has 1 N–H and O–H groups in total. The number of carbonyl (C=O) groups excluding carboxylic acids is 2. The highest BCUT2D eigenvalue weighted by molar-refractivity contribution is 5.70. The van der Waals surface area contributed by atoms with Gasteiger partial charge in [-0.2, -0.15) is 9.59 Å². The zero-order chi connectivity index (χ0) is 38.6. The maximum absolute atomic E-state index is 12.0. The second kappa shape index (κ2) is 18.2. The summed E-state index contributed by atoms with van der Waals surface area (Å²) in [6.07, 6.45) is 0.606. The summed E-state index contributed by atoms with van der Waals surface area (Å²) in [5, 5.41) is 34.2. The van der Waals surface area contributed by atoms with E-state index in [1.54, 1.807) is 24.3 Å². The Morgan fingerprint density at radius 2 is 1.09 bits per heavy atom. The predicted octanol–water partition coefficient (Wildman–Crippen LogP) is 6.70. The number of rotatable bonds is 13. The van der Waals surface area contributed by atoms with Crippen LogP contribution in [0.4, 0.5) is 0 Å². The normalized spacial score (nSPS) is 12.6. The van der Waals surface area contributed by atoms with Crippen molar-refractivity contribution in [3.63, 3.8) is 0 Å². The summed E-state index contributed by atoms with van der Waals surface area (Å²) in [7, 11) is 0. The third kappa shape index (κ3) is 14.5. The van der Waals surface area contributed by atoms with Crippen molar-refractivity contribution in [2.45, 2.75) is 99.1 Å². The molecule has 5 rings (SSSR count). The second-order valence-electron chi connectivity index (χ2n) is 15.0. The van der Waals surface area contributed by atoms with Crippen molar-refractivity contribution in [2.75, 3.05) is 0 Å². The summed E-state index contributed by atoms with van der Waals surface area (Å²) in [5.74, 6) is 1.60. The third-order valence-corrected chi connectivity index (χ3v) is 7.21. The van der Waals surface area contributed by atoms with E-state index < -0.39 is 11.2 Å². The summed E-state index contributed by atoms with van der Waals surface area (Å²) in [6.45, 7) is 16.5. The summed E-state index contributed by atoms with van der Waals surface area (Å²) < 4.78 is 16.5. The minimum Gasteiger partial charge on any atom is -0.508 e. The van der Waals surface area contributed by atoms with Crippen LogP contribution in [0.15, 0.2) is 78.9 Å². The largest absolute Gasteiger partial charge is 0.508 e. The van der Waals surface area contributed by atoms with Gasteiger partial charge in [0.25, 0.3) is 0 Å². The average molecular weight is 727 g/mol. The van der Waals surface area contributed by atoms with E-state index in [0.29, 0.717) is 44.2 Å². The predicted molar refractivity (Wildman–Crippen MR) is 198 cm³/mol. The van der Waals surface area contributed by atoms with Gasteiger partial charge in [-0.1, -0.05) is 44.2 Å². The lowest BCUT2D eigenvalue weighted by Crippen LogP contribution is -2.25. The number of aromatic nitrogens is 8. The molecule has 0 aliphatic heterocycles. The van der Waals surface area contributed by atoms with Crippen molar-refractivity contribution in [2.24, 2.45) is 11.8 Å². The highest BCUT2D eigenvalue weighted by atomic mass is 16.6. The first-order valence-corrected chi connectivity index (χ1v) is 17.6. The smallest absolute Gasteiger partial charge is 0.306 e. The molecule has 14 heteroatoms. The molecule has 2 heterocycles. The van der Waals surface area contributed by atoms with Gasteiger partial charge >= 0.3 is 11.9 Å². The Hall–Kier alpha value is -5.66. The van der Waals surface area contributed by atoms with Crippen LogP contribution < -0.4 is 4.74 Å². The van der Waals surface area contributed by atoms with Crippen molar-refractivity contribution in [3.8, 4) is 34.3 Å². The summed E-state index contributed by atoms with van der Waals surface area (Å²) in [6, 6.07) is 24.2. The van der Waals surface area contributed by atoms with Crippen LogP contribution >= 0.6 is 0 Å². The Labute approximate surface area is 310 Å². The summed E-state index contributed by atoms with van der Waals surface area (Å²) in [5.41, 5.74) is 1.79. The molecule has 0 bridgehead atoms. The molecule has 0 aliphatic rings. The van der Waals surface area contributed by atoms with Crippen LogP contribution in [0, 0.1) is 11.8 Å². The lowest BCUT2D eigenvalue weighted by Gasteiger charge is -2.20. The first-order chi connectivity index (χ1) is 25.0. The fourth-order valence-electron chi connectivity index (χ4n) is 4.95. The molecule has 0 unspecified atom stereocenters. The third-order valence-electron chi connectivity index (χ3n) is 7.21. The quantitative estimate of drug-likeness (QED) is 0.128. The molecular weight excluding hydrogens is 676 g/mol. The van der Waals surface area contributed by atoms with Gasteiger partial charge in [0.05, 0.1) is 13.1 Å². The number of hydrogen-bond donors (Lipinski definition) is 1. The summed E-state index contributed by atoms with van der Waals surface area (Å²) >= 11 is 0. The van der Waals surface area contributed by atoms with Gasteiger partial charge in [0.1, 0.15) is 29.3 Å². The maximum Gasteiger partial charge on any atom is 0.306 e. The Morgan fingerprint density at radius 3 is 1.53 bits per heavy atom. The van der Waals surface area contributed by atoms with E-state index in [1.807, 2.05) is 110 Å². The average Bonchev–Trinajstić information content (AvgIpc) is 3.73. The first-order valence-electron chi connectivity index (χ1n) is 17.6. The van der Waals surface area contributed by atoms with Gasteiger partial charge in [0.15, 0.2) is 0 Å². The van der Waals surface area contributed by atoms with Crippen LogP contribution in [0.1, 0.15) is 73.8 Å². The van der Waals surface area contributed by atoms with E-state index in [0.717, 1.165) is 22.4 Å². The van der Waals surface area contributed by atoms with Crippen LogP contribution in [0.5, 0.6) is 11.5 Å². The molecule has 0 amide bonds. The molecule has 53 heavy (non-hydrogen) atoms. The van der Waals surface area contributed by atoms with Gasteiger partial charge in [-0.3, -0.25) is 9.59 Å². The number of hydrogen-bond acceptors (Lipinski definition) is 12. The van der Waals surface area contributed by atoms with Crippen molar-refractivity contribution in [1.29, 1.82) is 0 Å². The molecule has 14 nitrogen and oxygen atoms in total. The van der Waals surface area contributed by atoms with E-state index in [4.69, 9.17) is 14.2 Å². The maximum atomic E-state index is 12.0. The number of esters is 2. The molecule has 5 aromatic rings. The standard InChI is InChI=1S/C23H28N4O3.C16H22N4O3/c1-17(14-21(28)30-23(2,3)4)15-27-25-22(24-26-27)19-10-12-20(13-11-19)29-16-18-8-6-5-7-9-18;1-11(9-14(22)23-16(2,3)4)10-20-18-15(17-19-20)12-5-7-13(21)8-6-12/h5-13,17H,14-16H2,1-4H3;5-8,11,21H,9-10H2,1-4H3/t17-;11-/m11/s1. The number of carbonyl (C=O) groups is 2. The van der Waals surface area contributed by atoms with E-state index in [2.05, 4.69) is 30.8 Å². The monoisotopic (exact) mass is 726 g/mol. The molecule has 3 aromatic carbocycles. The van der Waals surface area contributed by atoms with Gasteiger partial charge in [0.2, 0.25) is 11.6 Å². The molecule has 2 aromatic heterocycles. The topological polar surface area (TPSA) is 169 Å². The Bertz CT molecular complexity index is 1880. The number of nitrogens with zero attached hydrogens (tertiary/aromatic N) is 8. The highest BCUT2D eigenvalue weighted by Crippen LogP contribution is 2.21. The fourth-order valence-corrected chi connectivity index (χ4v) is 4.95. The second-order valence-corrected chi connectivity index (χ2v) is 15.0. The molecule has 0 saturated carbocycles. The van der Waals surface area contributed by atoms with Gasteiger partial charge in [0, 0.05) is 24.0 Å². The number of tetrazole rings is 2. The number of aromatic hydroxyl groups is 1. The lowest BCUT2D eigenvalue weighted by atomic mass is 10.1. The molecular formula is C39H50N8O6. The Morgan fingerprint density at radius 1 is 0.660 bits per heavy atom. The first kappa shape index (κ1) is 40.1. The SMILES string of the molecule is C[C@H](CC(=O)OC(C)(C)C)Cn1nnc(-c2ccc(O)cc2)n1.C[C@H](CC(=O)OC(C)(C)C)Cn1nnc(-c2ccc(OCc3ccccc3)cc2)n1. The molecule has 0 saturated heterocycles. The van der Waals surface area contributed by atoms with E-state index >= 15 is 0 Å². The van der Waals surface area contributed by atoms with Crippen molar-refractivity contribution >= 4 is 11.9 Å². The van der Waals surface area contributed by atoms with E-state index in [1.165, 1.54) is 9.59 Å². The van der Waals surface area contributed by atoms with Gasteiger partial charge in [-0.05, 0) is 118 Å². The Balaban J connectivity index is 0.000000245. The zero-order valence-corrected chi connectivity index (χ0v) is 31.8. The van der Waals surface area contributed by atoms with Gasteiger partial charge < -0.3 is 19.3 Å².